The van der Waals surface area contributed by atoms with Gasteiger partial charge in [0.15, 0.2) is 0 Å². The van der Waals surface area contributed by atoms with Crippen LogP contribution in [0.1, 0.15) is 28.8 Å². The highest BCUT2D eigenvalue weighted by atomic mass is 32.2. The average Bonchev–Trinajstić information content (AvgIpc) is 3.15. The van der Waals surface area contributed by atoms with Crippen molar-refractivity contribution < 1.29 is 18.0 Å². The molecule has 2 aromatic rings. The predicted molar refractivity (Wildman–Crippen MR) is 102 cm³/mol. The van der Waals surface area contributed by atoms with E-state index in [2.05, 4.69) is 15.4 Å². The zero-order valence-electron chi connectivity index (χ0n) is 14.5. The number of carbonyl (C=O) groups excluding carboxylic acids is 2. The highest BCUT2D eigenvalue weighted by molar-refractivity contribution is 7.89. The normalized spacial score (nSPS) is 11.2. The van der Waals surface area contributed by atoms with Crippen LogP contribution in [-0.4, -0.2) is 33.8 Å². The lowest BCUT2D eigenvalue weighted by atomic mass is 10.2. The van der Waals surface area contributed by atoms with E-state index >= 15 is 0 Å². The van der Waals surface area contributed by atoms with Crippen molar-refractivity contribution in [2.45, 2.75) is 24.7 Å². The number of hydrogen-bond acceptors (Lipinski definition) is 5. The highest BCUT2D eigenvalue weighted by Gasteiger charge is 2.15. The molecule has 1 aromatic heterocycles. The van der Waals surface area contributed by atoms with Crippen LogP contribution in [0.25, 0.3) is 0 Å². The van der Waals surface area contributed by atoms with Crippen LogP contribution in [0.4, 0.5) is 5.69 Å². The van der Waals surface area contributed by atoms with E-state index in [1.807, 2.05) is 5.38 Å². The van der Waals surface area contributed by atoms with E-state index in [-0.39, 0.29) is 23.1 Å². The number of aryl methyl sites for hydroxylation is 1. The standard InChI is InChI=1S/C17H21N3O4S2/c1-12-5-6-14(10-15(12)26(23,24)18-2)20-16(21)4-3-8-19-17(22)13-7-9-25-11-13/h5-7,9-11,18H,3-4,8H2,1-2H3,(H,19,22)(H,20,21). The van der Waals surface area contributed by atoms with Crippen LogP contribution in [0.5, 0.6) is 0 Å². The summed E-state index contributed by atoms with van der Waals surface area (Å²) in [6, 6.07) is 6.46. The minimum atomic E-state index is -3.59. The third-order valence-corrected chi connectivity index (χ3v) is 5.92. The van der Waals surface area contributed by atoms with Crippen molar-refractivity contribution in [1.29, 1.82) is 0 Å². The molecule has 0 saturated heterocycles. The third kappa shape index (κ3) is 5.38. The molecule has 0 atom stereocenters. The Morgan fingerprint density at radius 3 is 2.62 bits per heavy atom. The van der Waals surface area contributed by atoms with E-state index in [1.165, 1.54) is 24.5 Å². The second-order valence-electron chi connectivity index (χ2n) is 5.61. The van der Waals surface area contributed by atoms with Crippen LogP contribution in [-0.2, 0) is 14.8 Å². The van der Waals surface area contributed by atoms with Gasteiger partial charge in [-0.2, -0.15) is 11.3 Å². The van der Waals surface area contributed by atoms with E-state index in [9.17, 15) is 18.0 Å². The van der Waals surface area contributed by atoms with E-state index in [4.69, 9.17) is 0 Å². The molecule has 3 N–H and O–H groups in total. The van der Waals surface area contributed by atoms with Gasteiger partial charge in [0, 0.05) is 29.6 Å². The molecule has 0 bridgehead atoms. The molecular weight excluding hydrogens is 374 g/mol. The molecule has 0 aliphatic heterocycles. The number of benzene rings is 1. The Bertz CT molecular complexity index is 877. The summed E-state index contributed by atoms with van der Waals surface area (Å²) < 4.78 is 26.2. The summed E-state index contributed by atoms with van der Waals surface area (Å²) in [5.41, 5.74) is 1.61. The van der Waals surface area contributed by atoms with Gasteiger partial charge in [-0.3, -0.25) is 9.59 Å². The Balaban J connectivity index is 1.84. The highest BCUT2D eigenvalue weighted by Crippen LogP contribution is 2.20. The monoisotopic (exact) mass is 395 g/mol. The first-order chi connectivity index (χ1) is 12.3. The molecule has 0 unspecified atom stereocenters. The van der Waals surface area contributed by atoms with Crippen LogP contribution in [0.15, 0.2) is 39.9 Å². The molecule has 2 rings (SSSR count). The second kappa shape index (κ2) is 8.93. The SMILES string of the molecule is CNS(=O)(=O)c1cc(NC(=O)CCCNC(=O)c2ccsc2)ccc1C. The predicted octanol–water partition coefficient (Wildman–Crippen LogP) is 2.11. The van der Waals surface area contributed by atoms with Gasteiger partial charge < -0.3 is 10.6 Å². The molecule has 0 aliphatic carbocycles. The zero-order chi connectivity index (χ0) is 19.2. The topological polar surface area (TPSA) is 104 Å². The molecule has 0 spiro atoms. The van der Waals surface area contributed by atoms with Gasteiger partial charge in [0.1, 0.15) is 0 Å². The van der Waals surface area contributed by atoms with Crippen molar-refractivity contribution in [3.63, 3.8) is 0 Å². The molecule has 1 heterocycles. The number of thiophene rings is 1. The number of anilines is 1. The number of carbonyl (C=O) groups is 2. The van der Waals surface area contributed by atoms with Crippen LogP contribution >= 0.6 is 11.3 Å². The molecule has 0 aliphatic rings. The summed E-state index contributed by atoms with van der Waals surface area (Å²) in [5.74, 6) is -0.404. The summed E-state index contributed by atoms with van der Waals surface area (Å²) >= 11 is 1.45. The summed E-state index contributed by atoms with van der Waals surface area (Å²) in [5, 5.41) is 9.01. The maximum Gasteiger partial charge on any atom is 0.252 e. The quantitative estimate of drug-likeness (QED) is 0.596. The van der Waals surface area contributed by atoms with E-state index in [0.29, 0.717) is 29.8 Å². The van der Waals surface area contributed by atoms with Crippen LogP contribution < -0.4 is 15.4 Å². The first kappa shape index (κ1) is 20.1. The molecule has 140 valence electrons. The third-order valence-electron chi connectivity index (χ3n) is 3.68. The van der Waals surface area contributed by atoms with Gasteiger partial charge >= 0.3 is 0 Å². The summed E-state index contributed by atoms with van der Waals surface area (Å²) in [6.45, 7) is 2.07. The number of nitrogens with one attached hydrogen (secondary N) is 3. The fraction of sp³-hybridized carbons (Fsp3) is 0.294. The van der Waals surface area contributed by atoms with Crippen molar-refractivity contribution in [1.82, 2.24) is 10.0 Å². The summed E-state index contributed by atoms with van der Waals surface area (Å²) in [6.07, 6.45) is 0.696. The number of hydrogen-bond donors (Lipinski definition) is 3. The fourth-order valence-electron chi connectivity index (χ4n) is 2.25. The molecule has 7 nitrogen and oxygen atoms in total. The molecular formula is C17H21N3O4S2. The first-order valence-corrected chi connectivity index (χ1v) is 10.4. The van der Waals surface area contributed by atoms with Crippen molar-refractivity contribution in [3.05, 3.63) is 46.2 Å². The van der Waals surface area contributed by atoms with Crippen molar-refractivity contribution in [2.24, 2.45) is 0 Å². The van der Waals surface area contributed by atoms with Crippen molar-refractivity contribution >= 4 is 38.9 Å². The lowest BCUT2D eigenvalue weighted by molar-refractivity contribution is -0.116. The van der Waals surface area contributed by atoms with E-state index in [0.717, 1.165) is 0 Å². The van der Waals surface area contributed by atoms with Gasteiger partial charge in [0.2, 0.25) is 15.9 Å². The molecule has 0 fully saturated rings. The van der Waals surface area contributed by atoms with Gasteiger partial charge in [-0.05, 0) is 49.5 Å². The second-order valence-corrected chi connectivity index (χ2v) is 8.24. The van der Waals surface area contributed by atoms with Crippen molar-refractivity contribution in [2.75, 3.05) is 18.9 Å². The largest absolute Gasteiger partial charge is 0.352 e. The Morgan fingerprint density at radius 2 is 1.96 bits per heavy atom. The number of rotatable bonds is 8. The Hall–Kier alpha value is -2.23. The molecule has 26 heavy (non-hydrogen) atoms. The lowest BCUT2D eigenvalue weighted by Crippen LogP contribution is -2.25. The van der Waals surface area contributed by atoms with Gasteiger partial charge in [-0.25, -0.2) is 13.1 Å². The molecule has 0 radical (unpaired) electrons. The lowest BCUT2D eigenvalue weighted by Gasteiger charge is -2.10. The van der Waals surface area contributed by atoms with Crippen LogP contribution in [0.3, 0.4) is 0 Å². The van der Waals surface area contributed by atoms with Gasteiger partial charge in [0.05, 0.1) is 4.90 Å². The number of sulfonamides is 1. The number of amides is 2. The van der Waals surface area contributed by atoms with Crippen LogP contribution in [0.2, 0.25) is 0 Å². The summed E-state index contributed by atoms with van der Waals surface area (Å²) in [4.78, 5) is 23.9. The molecule has 9 heteroatoms. The smallest absolute Gasteiger partial charge is 0.252 e. The maximum atomic E-state index is 12.0. The van der Waals surface area contributed by atoms with Crippen molar-refractivity contribution in [3.8, 4) is 0 Å². The van der Waals surface area contributed by atoms with E-state index in [1.54, 1.807) is 30.5 Å². The van der Waals surface area contributed by atoms with Gasteiger partial charge in [0.25, 0.3) is 5.91 Å². The first-order valence-electron chi connectivity index (χ1n) is 7.98. The average molecular weight is 396 g/mol. The maximum absolute atomic E-state index is 12.0. The van der Waals surface area contributed by atoms with Crippen LogP contribution in [0, 0.1) is 6.92 Å². The fourth-order valence-corrected chi connectivity index (χ4v) is 3.88. The molecule has 2 amide bonds. The Labute approximate surface area is 156 Å². The zero-order valence-corrected chi connectivity index (χ0v) is 16.2. The Kier molecular flexibility index (Phi) is 6.90. The minimum absolute atomic E-state index is 0.126. The Morgan fingerprint density at radius 1 is 1.19 bits per heavy atom. The van der Waals surface area contributed by atoms with E-state index < -0.39 is 10.0 Å². The molecule has 0 saturated carbocycles. The van der Waals surface area contributed by atoms with Gasteiger partial charge in [-0.15, -0.1) is 0 Å². The summed E-state index contributed by atoms with van der Waals surface area (Å²) in [7, 11) is -2.25. The molecule has 1 aromatic carbocycles. The minimum Gasteiger partial charge on any atom is -0.352 e. The van der Waals surface area contributed by atoms with Gasteiger partial charge in [-0.1, -0.05) is 6.07 Å².